The third-order valence-corrected chi connectivity index (χ3v) is 4.78. The number of nitrogens with two attached hydrogens (primary N) is 1. The van der Waals surface area contributed by atoms with Crippen molar-refractivity contribution in [2.75, 3.05) is 0 Å². The van der Waals surface area contributed by atoms with Gasteiger partial charge in [-0.1, -0.05) is 36.4 Å². The number of hydrogen-bond donors (Lipinski definition) is 4. The monoisotopic (exact) mass is 333 g/mol. The molecule has 0 aliphatic carbocycles. The third-order valence-electron chi connectivity index (χ3n) is 4.78. The van der Waals surface area contributed by atoms with Gasteiger partial charge in [-0.3, -0.25) is 4.79 Å². The van der Waals surface area contributed by atoms with Crippen LogP contribution in [0.15, 0.2) is 60.9 Å². The standard InChI is InChI=1S/C20H19N3O2/c21-20(25)19(24)9-14(15-10-22-17-7-3-1-5-12(15)17)16-11-23-18-8-4-2-6-13(16)18/h1-8,10-11,14,19,22-24H,9H2,(H2,21,25). The first-order chi connectivity index (χ1) is 12.1. The lowest BCUT2D eigenvalue weighted by Crippen LogP contribution is -2.30. The Balaban J connectivity index is 1.88. The molecule has 126 valence electrons. The summed E-state index contributed by atoms with van der Waals surface area (Å²) in [5.41, 5.74) is 9.44. The molecule has 4 aromatic rings. The fourth-order valence-corrected chi connectivity index (χ4v) is 3.53. The largest absolute Gasteiger partial charge is 0.383 e. The van der Waals surface area contributed by atoms with E-state index in [0.29, 0.717) is 0 Å². The highest BCUT2D eigenvalue weighted by Crippen LogP contribution is 2.37. The zero-order valence-corrected chi connectivity index (χ0v) is 13.6. The summed E-state index contributed by atoms with van der Waals surface area (Å²) in [6, 6.07) is 16.0. The summed E-state index contributed by atoms with van der Waals surface area (Å²) in [7, 11) is 0. The number of aromatic amines is 2. The second-order valence-electron chi connectivity index (χ2n) is 6.29. The number of H-pyrrole nitrogens is 2. The van der Waals surface area contributed by atoms with Crippen LogP contribution in [0.5, 0.6) is 0 Å². The average Bonchev–Trinajstić information content (AvgIpc) is 3.24. The summed E-state index contributed by atoms with van der Waals surface area (Å²) in [5, 5.41) is 12.3. The van der Waals surface area contributed by atoms with Crippen molar-refractivity contribution >= 4 is 27.7 Å². The number of rotatable bonds is 5. The Bertz CT molecular complexity index is 973. The van der Waals surface area contributed by atoms with E-state index >= 15 is 0 Å². The van der Waals surface area contributed by atoms with Crippen molar-refractivity contribution in [1.82, 2.24) is 9.97 Å². The average molecular weight is 333 g/mol. The zero-order valence-electron chi connectivity index (χ0n) is 13.6. The van der Waals surface area contributed by atoms with Gasteiger partial charge in [0.15, 0.2) is 0 Å². The molecule has 0 fully saturated rings. The lowest BCUT2D eigenvalue weighted by atomic mass is 9.86. The molecule has 1 unspecified atom stereocenters. The van der Waals surface area contributed by atoms with E-state index in [0.717, 1.165) is 32.9 Å². The van der Waals surface area contributed by atoms with Crippen LogP contribution in [0.2, 0.25) is 0 Å². The molecule has 0 saturated carbocycles. The Hall–Kier alpha value is -3.05. The molecular formula is C20H19N3O2. The molecule has 1 amide bonds. The minimum Gasteiger partial charge on any atom is -0.383 e. The number of aliphatic hydroxyl groups is 1. The number of para-hydroxylation sites is 2. The molecule has 5 heteroatoms. The molecule has 5 nitrogen and oxygen atoms in total. The highest BCUT2D eigenvalue weighted by atomic mass is 16.3. The van der Waals surface area contributed by atoms with Gasteiger partial charge >= 0.3 is 0 Å². The van der Waals surface area contributed by atoms with Crippen molar-refractivity contribution in [3.05, 3.63) is 72.1 Å². The lowest BCUT2D eigenvalue weighted by molar-refractivity contribution is -0.126. The zero-order chi connectivity index (χ0) is 17.4. The van der Waals surface area contributed by atoms with Gasteiger partial charge in [0.05, 0.1) is 0 Å². The SMILES string of the molecule is NC(=O)C(O)CC(c1c[nH]c2ccccc12)c1c[nH]c2ccccc12. The number of aliphatic hydroxyl groups excluding tert-OH is 1. The van der Waals surface area contributed by atoms with Crippen molar-refractivity contribution in [1.29, 1.82) is 0 Å². The van der Waals surface area contributed by atoms with E-state index in [2.05, 4.69) is 9.97 Å². The first kappa shape index (κ1) is 15.5. The third kappa shape index (κ3) is 2.68. The van der Waals surface area contributed by atoms with E-state index in [-0.39, 0.29) is 12.3 Å². The molecule has 2 aromatic carbocycles. The number of aromatic nitrogens is 2. The maximum absolute atomic E-state index is 11.5. The van der Waals surface area contributed by atoms with E-state index in [9.17, 15) is 9.90 Å². The van der Waals surface area contributed by atoms with E-state index in [4.69, 9.17) is 5.73 Å². The van der Waals surface area contributed by atoms with Crippen LogP contribution >= 0.6 is 0 Å². The van der Waals surface area contributed by atoms with Crippen molar-refractivity contribution in [2.45, 2.75) is 18.4 Å². The highest BCUT2D eigenvalue weighted by Gasteiger charge is 2.26. The topological polar surface area (TPSA) is 94.9 Å². The van der Waals surface area contributed by atoms with Crippen molar-refractivity contribution in [3.63, 3.8) is 0 Å². The van der Waals surface area contributed by atoms with Crippen LogP contribution in [0.4, 0.5) is 0 Å². The number of hydrogen-bond acceptors (Lipinski definition) is 2. The molecule has 0 radical (unpaired) electrons. The van der Waals surface area contributed by atoms with Gasteiger partial charge in [0.2, 0.25) is 5.91 Å². The fraction of sp³-hybridized carbons (Fsp3) is 0.150. The van der Waals surface area contributed by atoms with Gasteiger partial charge in [-0.2, -0.15) is 0 Å². The van der Waals surface area contributed by atoms with Crippen molar-refractivity contribution < 1.29 is 9.90 Å². The quantitative estimate of drug-likeness (QED) is 0.452. The molecule has 0 bridgehead atoms. The summed E-state index contributed by atoms with van der Waals surface area (Å²) < 4.78 is 0. The second-order valence-corrected chi connectivity index (χ2v) is 6.29. The summed E-state index contributed by atoms with van der Waals surface area (Å²) in [4.78, 5) is 18.0. The van der Waals surface area contributed by atoms with Crippen LogP contribution in [0.25, 0.3) is 21.8 Å². The fourth-order valence-electron chi connectivity index (χ4n) is 3.53. The summed E-state index contributed by atoms with van der Waals surface area (Å²) >= 11 is 0. The Labute approximate surface area is 144 Å². The number of fused-ring (bicyclic) bond motifs is 2. The van der Waals surface area contributed by atoms with Gasteiger partial charge in [0.1, 0.15) is 6.10 Å². The molecule has 0 saturated heterocycles. The first-order valence-corrected chi connectivity index (χ1v) is 8.24. The predicted octanol–water partition coefficient (Wildman–Crippen LogP) is 3.02. The molecule has 4 rings (SSSR count). The number of carbonyl (C=O) groups is 1. The smallest absolute Gasteiger partial charge is 0.246 e. The molecule has 0 aliphatic rings. The molecule has 2 aromatic heterocycles. The van der Waals surface area contributed by atoms with Crippen LogP contribution in [0, 0.1) is 0 Å². The van der Waals surface area contributed by atoms with Gasteiger partial charge in [0, 0.05) is 40.1 Å². The highest BCUT2D eigenvalue weighted by molar-refractivity contribution is 5.88. The maximum Gasteiger partial charge on any atom is 0.246 e. The van der Waals surface area contributed by atoms with Gasteiger partial charge < -0.3 is 20.8 Å². The van der Waals surface area contributed by atoms with Crippen molar-refractivity contribution in [3.8, 4) is 0 Å². The van der Waals surface area contributed by atoms with Crippen LogP contribution in [0.1, 0.15) is 23.5 Å². The molecule has 2 heterocycles. The molecule has 0 aliphatic heterocycles. The Morgan fingerprint density at radius 2 is 1.40 bits per heavy atom. The lowest BCUT2D eigenvalue weighted by Gasteiger charge is -2.18. The number of primary amides is 1. The summed E-state index contributed by atoms with van der Waals surface area (Å²) in [6.45, 7) is 0. The van der Waals surface area contributed by atoms with Gasteiger partial charge in [-0.15, -0.1) is 0 Å². The molecule has 5 N–H and O–H groups in total. The van der Waals surface area contributed by atoms with Crippen molar-refractivity contribution in [2.24, 2.45) is 5.73 Å². The second kappa shape index (κ2) is 6.11. The molecule has 25 heavy (non-hydrogen) atoms. The predicted molar refractivity (Wildman–Crippen MR) is 98.3 cm³/mol. The number of carbonyl (C=O) groups excluding carboxylic acids is 1. The molecule has 0 spiro atoms. The molecule has 1 atom stereocenters. The Morgan fingerprint density at radius 3 is 1.88 bits per heavy atom. The van der Waals surface area contributed by atoms with E-state index in [1.165, 1.54) is 0 Å². The Kier molecular flexibility index (Phi) is 3.78. The summed E-state index contributed by atoms with van der Waals surface area (Å²) in [6.07, 6.45) is 2.93. The first-order valence-electron chi connectivity index (χ1n) is 8.24. The van der Waals surface area contributed by atoms with Crippen LogP contribution in [0.3, 0.4) is 0 Å². The summed E-state index contributed by atoms with van der Waals surface area (Å²) in [5.74, 6) is -0.862. The van der Waals surface area contributed by atoms with Gasteiger partial charge in [-0.25, -0.2) is 0 Å². The van der Waals surface area contributed by atoms with E-state index < -0.39 is 12.0 Å². The number of amides is 1. The minimum absolute atomic E-state index is 0.158. The number of nitrogens with one attached hydrogen (secondary N) is 2. The van der Waals surface area contributed by atoms with E-state index in [1.807, 2.05) is 60.9 Å². The maximum atomic E-state index is 11.5. The van der Waals surface area contributed by atoms with Gasteiger partial charge in [-0.05, 0) is 29.7 Å². The Morgan fingerprint density at radius 1 is 0.920 bits per heavy atom. The van der Waals surface area contributed by atoms with Crippen LogP contribution in [-0.4, -0.2) is 27.1 Å². The number of benzene rings is 2. The molecular weight excluding hydrogens is 314 g/mol. The minimum atomic E-state index is -1.20. The normalized spacial score (nSPS) is 12.9. The van der Waals surface area contributed by atoms with E-state index in [1.54, 1.807) is 0 Å². The van der Waals surface area contributed by atoms with Crippen LogP contribution < -0.4 is 5.73 Å². The van der Waals surface area contributed by atoms with Gasteiger partial charge in [0.25, 0.3) is 0 Å². The van der Waals surface area contributed by atoms with Crippen LogP contribution in [-0.2, 0) is 4.79 Å².